The van der Waals surface area contributed by atoms with Gasteiger partial charge in [0.2, 0.25) is 0 Å². The lowest BCUT2D eigenvalue weighted by Gasteiger charge is -2.25. The van der Waals surface area contributed by atoms with Crippen LogP contribution in [-0.2, 0) is 6.54 Å². The zero-order valence-electron chi connectivity index (χ0n) is 9.43. The van der Waals surface area contributed by atoms with Crippen molar-refractivity contribution < 1.29 is 4.39 Å². The van der Waals surface area contributed by atoms with E-state index in [4.69, 9.17) is 0 Å². The van der Waals surface area contributed by atoms with E-state index in [2.05, 4.69) is 41.6 Å². The lowest BCUT2D eigenvalue weighted by Crippen LogP contribution is -2.30. The second-order valence-corrected chi connectivity index (χ2v) is 4.75. The SMILES string of the molecule is CCN(Cc1ccc(F)cc1Br)C(C)C. The van der Waals surface area contributed by atoms with Crippen LogP contribution in [0.3, 0.4) is 0 Å². The maximum absolute atomic E-state index is 12.9. The summed E-state index contributed by atoms with van der Waals surface area (Å²) in [5.74, 6) is -0.196. The first kappa shape index (κ1) is 12.7. The van der Waals surface area contributed by atoms with Crippen molar-refractivity contribution in [1.82, 2.24) is 4.90 Å². The van der Waals surface area contributed by atoms with Gasteiger partial charge in [0.1, 0.15) is 5.82 Å². The lowest BCUT2D eigenvalue weighted by molar-refractivity contribution is 0.224. The Labute approximate surface area is 99.4 Å². The van der Waals surface area contributed by atoms with E-state index in [1.54, 1.807) is 0 Å². The molecule has 3 heteroatoms. The molecule has 0 aliphatic rings. The Bertz CT molecular complexity index is 325. The van der Waals surface area contributed by atoms with Crippen LogP contribution in [0.25, 0.3) is 0 Å². The zero-order valence-corrected chi connectivity index (χ0v) is 11.0. The largest absolute Gasteiger partial charge is 0.297 e. The molecule has 0 aliphatic carbocycles. The molecule has 0 unspecified atom stereocenters. The highest BCUT2D eigenvalue weighted by Gasteiger charge is 2.10. The van der Waals surface area contributed by atoms with E-state index in [1.165, 1.54) is 12.1 Å². The Hall–Kier alpha value is -0.410. The van der Waals surface area contributed by atoms with Gasteiger partial charge in [-0.3, -0.25) is 4.90 Å². The van der Waals surface area contributed by atoms with Crippen molar-refractivity contribution in [2.75, 3.05) is 6.54 Å². The third kappa shape index (κ3) is 3.58. The van der Waals surface area contributed by atoms with Crippen LogP contribution in [0.2, 0.25) is 0 Å². The number of hydrogen-bond donors (Lipinski definition) is 0. The Morgan fingerprint density at radius 2 is 2.07 bits per heavy atom. The summed E-state index contributed by atoms with van der Waals surface area (Å²) in [6.45, 7) is 8.33. The van der Waals surface area contributed by atoms with Crippen molar-refractivity contribution in [2.24, 2.45) is 0 Å². The second kappa shape index (κ2) is 5.61. The zero-order chi connectivity index (χ0) is 11.4. The topological polar surface area (TPSA) is 3.24 Å². The van der Waals surface area contributed by atoms with Gasteiger partial charge in [-0.15, -0.1) is 0 Å². The van der Waals surface area contributed by atoms with E-state index in [0.29, 0.717) is 6.04 Å². The molecule has 1 rings (SSSR count). The average Bonchev–Trinajstić information content (AvgIpc) is 2.16. The van der Waals surface area contributed by atoms with Crippen molar-refractivity contribution >= 4 is 15.9 Å². The number of benzene rings is 1. The molecule has 15 heavy (non-hydrogen) atoms. The predicted molar refractivity (Wildman–Crippen MR) is 65.3 cm³/mol. The summed E-state index contributed by atoms with van der Waals surface area (Å²) in [5, 5.41) is 0. The summed E-state index contributed by atoms with van der Waals surface area (Å²) in [6.07, 6.45) is 0. The van der Waals surface area contributed by atoms with Crippen LogP contribution in [0, 0.1) is 5.82 Å². The van der Waals surface area contributed by atoms with Crippen molar-refractivity contribution in [3.63, 3.8) is 0 Å². The first-order valence-corrected chi connectivity index (χ1v) is 6.02. The van der Waals surface area contributed by atoms with Crippen LogP contribution in [0.15, 0.2) is 22.7 Å². The Morgan fingerprint density at radius 1 is 1.40 bits per heavy atom. The highest BCUT2D eigenvalue weighted by molar-refractivity contribution is 9.10. The molecule has 0 aromatic heterocycles. The Kier molecular flexibility index (Phi) is 4.74. The van der Waals surface area contributed by atoms with Gasteiger partial charge in [0.25, 0.3) is 0 Å². The maximum atomic E-state index is 12.9. The van der Waals surface area contributed by atoms with Crippen LogP contribution in [0.1, 0.15) is 26.3 Å². The summed E-state index contributed by atoms with van der Waals surface area (Å²) in [5.41, 5.74) is 1.13. The third-order valence-electron chi connectivity index (χ3n) is 2.53. The van der Waals surface area contributed by atoms with Gasteiger partial charge >= 0.3 is 0 Å². The van der Waals surface area contributed by atoms with E-state index in [9.17, 15) is 4.39 Å². The molecule has 0 heterocycles. The molecule has 0 N–H and O–H groups in total. The fourth-order valence-corrected chi connectivity index (χ4v) is 2.00. The standard InChI is InChI=1S/C12H17BrFN/c1-4-15(9(2)3)8-10-5-6-11(14)7-12(10)13/h5-7,9H,4,8H2,1-3H3. The number of halogens is 2. The molecule has 0 saturated heterocycles. The molecule has 0 aliphatic heterocycles. The van der Waals surface area contributed by atoms with Gasteiger partial charge in [-0.2, -0.15) is 0 Å². The van der Waals surface area contributed by atoms with Crippen LogP contribution in [0.5, 0.6) is 0 Å². The molecule has 0 amide bonds. The van der Waals surface area contributed by atoms with Gasteiger partial charge in [0, 0.05) is 17.1 Å². The van der Waals surface area contributed by atoms with Gasteiger partial charge in [-0.05, 0) is 38.1 Å². The van der Waals surface area contributed by atoms with Gasteiger partial charge in [0.15, 0.2) is 0 Å². The molecule has 0 radical (unpaired) electrons. The van der Waals surface area contributed by atoms with E-state index in [-0.39, 0.29) is 5.82 Å². The normalized spacial score (nSPS) is 11.4. The molecule has 0 atom stereocenters. The van der Waals surface area contributed by atoms with Gasteiger partial charge < -0.3 is 0 Å². The van der Waals surface area contributed by atoms with Crippen molar-refractivity contribution in [1.29, 1.82) is 0 Å². The second-order valence-electron chi connectivity index (χ2n) is 3.89. The minimum absolute atomic E-state index is 0.196. The van der Waals surface area contributed by atoms with Crippen LogP contribution >= 0.6 is 15.9 Å². The quantitative estimate of drug-likeness (QED) is 0.806. The highest BCUT2D eigenvalue weighted by atomic mass is 79.9. The van der Waals surface area contributed by atoms with Crippen LogP contribution in [0.4, 0.5) is 4.39 Å². The van der Waals surface area contributed by atoms with Crippen LogP contribution in [-0.4, -0.2) is 17.5 Å². The fraction of sp³-hybridized carbons (Fsp3) is 0.500. The summed E-state index contributed by atoms with van der Waals surface area (Å²) in [6, 6.07) is 5.37. The molecule has 0 saturated carbocycles. The summed E-state index contributed by atoms with van der Waals surface area (Å²) < 4.78 is 13.7. The monoisotopic (exact) mass is 273 g/mol. The van der Waals surface area contributed by atoms with E-state index >= 15 is 0 Å². The fourth-order valence-electron chi connectivity index (χ4n) is 1.53. The summed E-state index contributed by atoms with van der Waals surface area (Å²) in [7, 11) is 0. The molecule has 1 aromatic rings. The minimum atomic E-state index is -0.196. The van der Waals surface area contributed by atoms with Crippen molar-refractivity contribution in [2.45, 2.75) is 33.4 Å². The first-order valence-electron chi connectivity index (χ1n) is 5.22. The molecule has 1 aromatic carbocycles. The van der Waals surface area contributed by atoms with E-state index in [1.807, 2.05) is 6.07 Å². The van der Waals surface area contributed by atoms with Gasteiger partial charge in [-0.25, -0.2) is 4.39 Å². The molecule has 0 bridgehead atoms. The first-order chi connectivity index (χ1) is 7.04. The maximum Gasteiger partial charge on any atom is 0.124 e. The minimum Gasteiger partial charge on any atom is -0.297 e. The molecule has 84 valence electrons. The summed E-state index contributed by atoms with van der Waals surface area (Å²) >= 11 is 3.39. The molecular formula is C12H17BrFN. The van der Waals surface area contributed by atoms with Gasteiger partial charge in [-0.1, -0.05) is 28.9 Å². The van der Waals surface area contributed by atoms with E-state index in [0.717, 1.165) is 23.1 Å². The molecule has 0 spiro atoms. The smallest absolute Gasteiger partial charge is 0.124 e. The molecular weight excluding hydrogens is 257 g/mol. The van der Waals surface area contributed by atoms with Crippen LogP contribution < -0.4 is 0 Å². The highest BCUT2D eigenvalue weighted by Crippen LogP contribution is 2.20. The average molecular weight is 274 g/mol. The Morgan fingerprint density at radius 3 is 2.53 bits per heavy atom. The van der Waals surface area contributed by atoms with Gasteiger partial charge in [0.05, 0.1) is 0 Å². The number of nitrogens with zero attached hydrogens (tertiary/aromatic N) is 1. The summed E-state index contributed by atoms with van der Waals surface area (Å²) in [4.78, 5) is 2.33. The van der Waals surface area contributed by atoms with Crippen molar-refractivity contribution in [3.05, 3.63) is 34.1 Å². The Balaban J connectivity index is 2.79. The van der Waals surface area contributed by atoms with Crippen molar-refractivity contribution in [3.8, 4) is 0 Å². The third-order valence-corrected chi connectivity index (χ3v) is 3.26. The van der Waals surface area contributed by atoms with E-state index < -0.39 is 0 Å². The predicted octanol–water partition coefficient (Wildman–Crippen LogP) is 3.82. The molecule has 1 nitrogen and oxygen atoms in total. The molecule has 0 fully saturated rings. The number of hydrogen-bond acceptors (Lipinski definition) is 1. The lowest BCUT2D eigenvalue weighted by atomic mass is 10.2. The number of rotatable bonds is 4.